The standard InChI is InChI=1S/C15H32N2O/c1-13(2)14-6-5-8-15(12-16,9-7-14)17(3)10-11-18-4/h13-14H,5-12,16H2,1-4H3. The fourth-order valence-corrected chi connectivity index (χ4v) is 3.29. The van der Waals surface area contributed by atoms with E-state index in [1.54, 1.807) is 7.11 Å². The number of hydrogen-bond donors (Lipinski definition) is 1. The summed E-state index contributed by atoms with van der Waals surface area (Å²) in [6, 6.07) is 0. The van der Waals surface area contributed by atoms with Crippen LogP contribution in [0.15, 0.2) is 0 Å². The molecule has 2 atom stereocenters. The van der Waals surface area contributed by atoms with Crippen molar-refractivity contribution in [3.8, 4) is 0 Å². The minimum Gasteiger partial charge on any atom is -0.383 e. The molecule has 1 rings (SSSR count). The van der Waals surface area contributed by atoms with E-state index in [1.165, 1.54) is 32.1 Å². The second-order valence-corrected chi connectivity index (χ2v) is 6.28. The van der Waals surface area contributed by atoms with Gasteiger partial charge in [-0.05, 0) is 38.1 Å². The number of rotatable bonds is 6. The van der Waals surface area contributed by atoms with E-state index in [4.69, 9.17) is 10.5 Å². The van der Waals surface area contributed by atoms with Crippen LogP contribution in [0.5, 0.6) is 0 Å². The average molecular weight is 256 g/mol. The number of nitrogens with two attached hydrogens (primary N) is 1. The molecule has 0 bridgehead atoms. The van der Waals surface area contributed by atoms with Gasteiger partial charge >= 0.3 is 0 Å². The SMILES string of the molecule is COCCN(C)C1(CN)CCCC(C(C)C)CC1. The Bertz CT molecular complexity index is 233. The Balaban J connectivity index is 2.63. The minimum absolute atomic E-state index is 0.210. The Morgan fingerprint density at radius 1 is 1.33 bits per heavy atom. The van der Waals surface area contributed by atoms with Crippen molar-refractivity contribution in [2.24, 2.45) is 17.6 Å². The normalized spacial score (nSPS) is 29.8. The van der Waals surface area contributed by atoms with Gasteiger partial charge in [0.15, 0.2) is 0 Å². The van der Waals surface area contributed by atoms with Crippen LogP contribution in [0, 0.1) is 11.8 Å². The van der Waals surface area contributed by atoms with Crippen LogP contribution in [-0.2, 0) is 4.74 Å². The molecule has 0 saturated heterocycles. The van der Waals surface area contributed by atoms with E-state index in [0.29, 0.717) is 0 Å². The predicted octanol–water partition coefficient (Wildman–Crippen LogP) is 2.50. The van der Waals surface area contributed by atoms with E-state index in [0.717, 1.165) is 31.5 Å². The topological polar surface area (TPSA) is 38.5 Å². The van der Waals surface area contributed by atoms with E-state index in [9.17, 15) is 0 Å². The van der Waals surface area contributed by atoms with Crippen molar-refractivity contribution >= 4 is 0 Å². The lowest BCUT2D eigenvalue weighted by atomic mass is 9.85. The minimum atomic E-state index is 0.210. The summed E-state index contributed by atoms with van der Waals surface area (Å²) in [4.78, 5) is 2.44. The Morgan fingerprint density at radius 3 is 2.61 bits per heavy atom. The van der Waals surface area contributed by atoms with Gasteiger partial charge in [0.2, 0.25) is 0 Å². The largest absolute Gasteiger partial charge is 0.383 e. The zero-order chi connectivity index (χ0) is 13.6. The summed E-state index contributed by atoms with van der Waals surface area (Å²) in [5.74, 6) is 1.69. The lowest BCUT2D eigenvalue weighted by Gasteiger charge is -2.41. The Labute approximate surface area is 113 Å². The van der Waals surface area contributed by atoms with Gasteiger partial charge in [0, 0.05) is 25.7 Å². The van der Waals surface area contributed by atoms with Crippen LogP contribution in [0.25, 0.3) is 0 Å². The van der Waals surface area contributed by atoms with Crippen molar-refractivity contribution in [3.63, 3.8) is 0 Å². The highest BCUT2D eigenvalue weighted by molar-refractivity contribution is 4.93. The maximum Gasteiger partial charge on any atom is 0.0589 e. The third kappa shape index (κ3) is 3.94. The van der Waals surface area contributed by atoms with Gasteiger partial charge in [-0.2, -0.15) is 0 Å². The lowest BCUT2D eigenvalue weighted by Crippen LogP contribution is -2.52. The van der Waals surface area contributed by atoms with Gasteiger partial charge in [-0.25, -0.2) is 0 Å². The maximum absolute atomic E-state index is 6.12. The summed E-state index contributed by atoms with van der Waals surface area (Å²) in [6.07, 6.45) is 6.50. The van der Waals surface area contributed by atoms with Crippen LogP contribution >= 0.6 is 0 Å². The first-order valence-electron chi connectivity index (χ1n) is 7.46. The Hall–Kier alpha value is -0.120. The highest BCUT2D eigenvalue weighted by Crippen LogP contribution is 2.36. The van der Waals surface area contributed by atoms with Crippen LogP contribution in [-0.4, -0.2) is 44.3 Å². The second-order valence-electron chi connectivity index (χ2n) is 6.28. The quantitative estimate of drug-likeness (QED) is 0.742. The molecular formula is C15H32N2O. The number of ether oxygens (including phenoxy) is 1. The molecule has 2 unspecified atom stereocenters. The van der Waals surface area contributed by atoms with Gasteiger partial charge in [0.25, 0.3) is 0 Å². The van der Waals surface area contributed by atoms with Crippen molar-refractivity contribution < 1.29 is 4.74 Å². The van der Waals surface area contributed by atoms with E-state index >= 15 is 0 Å². The van der Waals surface area contributed by atoms with Crippen LogP contribution in [0.1, 0.15) is 46.0 Å². The second kappa shape index (κ2) is 7.46. The molecule has 0 aromatic rings. The third-order valence-corrected chi connectivity index (χ3v) is 4.96. The summed E-state index contributed by atoms with van der Waals surface area (Å²) in [5.41, 5.74) is 6.33. The molecule has 0 heterocycles. The molecular weight excluding hydrogens is 224 g/mol. The Kier molecular flexibility index (Phi) is 6.61. The van der Waals surface area contributed by atoms with Gasteiger partial charge in [-0.3, -0.25) is 4.90 Å². The zero-order valence-corrected chi connectivity index (χ0v) is 12.7. The van der Waals surface area contributed by atoms with Crippen LogP contribution in [0.3, 0.4) is 0 Å². The van der Waals surface area contributed by atoms with E-state index in [2.05, 4.69) is 25.8 Å². The third-order valence-electron chi connectivity index (χ3n) is 4.96. The highest BCUT2D eigenvalue weighted by atomic mass is 16.5. The number of likely N-dealkylation sites (N-methyl/N-ethyl adjacent to an activating group) is 1. The molecule has 1 fully saturated rings. The fraction of sp³-hybridized carbons (Fsp3) is 1.00. The highest BCUT2D eigenvalue weighted by Gasteiger charge is 2.35. The molecule has 0 aliphatic heterocycles. The molecule has 3 nitrogen and oxygen atoms in total. The lowest BCUT2D eigenvalue weighted by molar-refractivity contribution is 0.0704. The average Bonchev–Trinajstić information content (AvgIpc) is 2.59. The zero-order valence-electron chi connectivity index (χ0n) is 12.7. The summed E-state index contributed by atoms with van der Waals surface area (Å²) in [6.45, 7) is 7.27. The summed E-state index contributed by atoms with van der Waals surface area (Å²) in [7, 11) is 3.98. The first-order valence-corrected chi connectivity index (χ1v) is 7.46. The first-order chi connectivity index (χ1) is 8.55. The number of nitrogens with zero attached hydrogens (tertiary/aromatic N) is 1. The van der Waals surface area contributed by atoms with Crippen LogP contribution in [0.2, 0.25) is 0 Å². The summed E-state index contributed by atoms with van der Waals surface area (Å²) < 4.78 is 5.20. The molecule has 18 heavy (non-hydrogen) atoms. The van der Waals surface area contributed by atoms with E-state index < -0.39 is 0 Å². The van der Waals surface area contributed by atoms with Gasteiger partial charge < -0.3 is 10.5 Å². The molecule has 0 amide bonds. The molecule has 0 spiro atoms. The molecule has 1 aliphatic rings. The summed E-state index contributed by atoms with van der Waals surface area (Å²) in [5, 5.41) is 0. The van der Waals surface area contributed by atoms with Crippen molar-refractivity contribution in [2.75, 3.05) is 33.9 Å². The van der Waals surface area contributed by atoms with Crippen molar-refractivity contribution in [1.82, 2.24) is 4.90 Å². The predicted molar refractivity (Wildman–Crippen MR) is 77.7 cm³/mol. The molecule has 0 aromatic heterocycles. The van der Waals surface area contributed by atoms with E-state index in [-0.39, 0.29) is 5.54 Å². The Morgan fingerprint density at radius 2 is 2.06 bits per heavy atom. The first kappa shape index (κ1) is 15.9. The smallest absolute Gasteiger partial charge is 0.0589 e. The molecule has 3 heteroatoms. The maximum atomic E-state index is 6.12. The van der Waals surface area contributed by atoms with Crippen LogP contribution < -0.4 is 5.73 Å². The fourth-order valence-electron chi connectivity index (χ4n) is 3.29. The van der Waals surface area contributed by atoms with Crippen LogP contribution in [0.4, 0.5) is 0 Å². The number of hydrogen-bond acceptors (Lipinski definition) is 3. The van der Waals surface area contributed by atoms with Crippen molar-refractivity contribution in [1.29, 1.82) is 0 Å². The van der Waals surface area contributed by atoms with Gasteiger partial charge in [0.05, 0.1) is 6.61 Å². The molecule has 0 radical (unpaired) electrons. The molecule has 1 aliphatic carbocycles. The molecule has 108 valence electrons. The summed E-state index contributed by atoms with van der Waals surface area (Å²) >= 11 is 0. The van der Waals surface area contributed by atoms with Gasteiger partial charge in [-0.15, -0.1) is 0 Å². The van der Waals surface area contributed by atoms with Crippen molar-refractivity contribution in [2.45, 2.75) is 51.5 Å². The van der Waals surface area contributed by atoms with Gasteiger partial charge in [-0.1, -0.05) is 26.7 Å². The van der Waals surface area contributed by atoms with Gasteiger partial charge in [0.1, 0.15) is 0 Å². The monoisotopic (exact) mass is 256 g/mol. The molecule has 2 N–H and O–H groups in total. The van der Waals surface area contributed by atoms with Crippen molar-refractivity contribution in [3.05, 3.63) is 0 Å². The molecule has 0 aromatic carbocycles. The number of methoxy groups -OCH3 is 1. The molecule has 1 saturated carbocycles. The van der Waals surface area contributed by atoms with E-state index in [1.807, 2.05) is 0 Å².